The van der Waals surface area contributed by atoms with Crippen molar-refractivity contribution in [1.82, 2.24) is 4.90 Å². The lowest BCUT2D eigenvalue weighted by molar-refractivity contribution is -0.137. The van der Waals surface area contributed by atoms with E-state index in [1.165, 1.54) is 0 Å². The Kier molecular flexibility index (Phi) is 4.48. The minimum absolute atomic E-state index is 0.0276. The Hall–Kier alpha value is -1.77. The summed E-state index contributed by atoms with van der Waals surface area (Å²) < 4.78 is 5.75. The molecule has 2 atom stereocenters. The Morgan fingerprint density at radius 3 is 2.90 bits per heavy atom. The third-order valence-corrected chi connectivity index (χ3v) is 3.79. The Bertz CT molecular complexity index is 509. The number of carbonyl (C=O) groups excluding carboxylic acids is 1. The highest BCUT2D eigenvalue weighted by Crippen LogP contribution is 2.32. The summed E-state index contributed by atoms with van der Waals surface area (Å²) in [5.74, 6) is 1.05. The number of nitrogens with zero attached hydrogens (tertiary/aromatic N) is 1. The smallest absolute Gasteiger partial charge is 0.226 e. The van der Waals surface area contributed by atoms with Crippen molar-refractivity contribution < 1.29 is 9.53 Å². The minimum atomic E-state index is -0.0276. The zero-order valence-corrected chi connectivity index (χ0v) is 12.6. The predicted octanol–water partition coefficient (Wildman–Crippen LogP) is 3.57. The summed E-state index contributed by atoms with van der Waals surface area (Å²) in [4.78, 5) is 14.6. The van der Waals surface area contributed by atoms with Gasteiger partial charge in [0.25, 0.3) is 0 Å². The van der Waals surface area contributed by atoms with Gasteiger partial charge in [-0.25, -0.2) is 0 Å². The van der Waals surface area contributed by atoms with E-state index in [0.717, 1.165) is 23.3 Å². The first-order valence-electron chi connectivity index (χ1n) is 7.17. The van der Waals surface area contributed by atoms with Gasteiger partial charge < -0.3 is 9.64 Å². The molecule has 1 amide bonds. The molecular weight excluding hydrogens is 250 g/mol. The Balaban J connectivity index is 2.21. The quantitative estimate of drug-likeness (QED) is 0.788. The number of para-hydroxylation sites is 1. The summed E-state index contributed by atoms with van der Waals surface area (Å²) in [6.45, 7) is 11.1. The molecule has 0 aliphatic carbocycles. The van der Waals surface area contributed by atoms with Crippen LogP contribution in [0.4, 0.5) is 0 Å². The van der Waals surface area contributed by atoms with Crippen LogP contribution in [-0.4, -0.2) is 24.0 Å². The first-order chi connectivity index (χ1) is 9.50. The molecule has 1 heterocycles. The number of amides is 1. The van der Waals surface area contributed by atoms with Gasteiger partial charge >= 0.3 is 0 Å². The first kappa shape index (κ1) is 14.6. The van der Waals surface area contributed by atoms with Crippen LogP contribution in [0.3, 0.4) is 0 Å². The normalized spacial score (nSPS) is 19.6. The van der Waals surface area contributed by atoms with Gasteiger partial charge in [0.1, 0.15) is 12.4 Å². The second-order valence-electron chi connectivity index (χ2n) is 5.66. The van der Waals surface area contributed by atoms with Crippen LogP contribution in [0.25, 0.3) is 0 Å². The number of ether oxygens (including phenoxy) is 1. The van der Waals surface area contributed by atoms with Gasteiger partial charge in [-0.05, 0) is 26.3 Å². The number of hydrogen-bond acceptors (Lipinski definition) is 2. The predicted molar refractivity (Wildman–Crippen MR) is 80.7 cm³/mol. The van der Waals surface area contributed by atoms with Crippen LogP contribution in [0.2, 0.25) is 0 Å². The molecule has 1 aromatic carbocycles. The molecule has 20 heavy (non-hydrogen) atoms. The lowest BCUT2D eigenvalue weighted by Crippen LogP contribution is -2.38. The molecule has 1 aliphatic rings. The molecule has 2 unspecified atom stereocenters. The third-order valence-electron chi connectivity index (χ3n) is 3.79. The highest BCUT2D eigenvalue weighted by molar-refractivity contribution is 5.79. The molecule has 0 N–H and O–H groups in total. The molecule has 108 valence electrons. The Morgan fingerprint density at radius 2 is 2.20 bits per heavy atom. The minimum Gasteiger partial charge on any atom is -0.491 e. The number of fused-ring (bicyclic) bond motifs is 1. The van der Waals surface area contributed by atoms with Gasteiger partial charge in [-0.2, -0.15) is 0 Å². The fourth-order valence-electron chi connectivity index (χ4n) is 2.77. The molecule has 0 spiro atoms. The molecule has 2 rings (SSSR count). The maximum absolute atomic E-state index is 12.6. The van der Waals surface area contributed by atoms with Gasteiger partial charge in [-0.1, -0.05) is 30.7 Å². The van der Waals surface area contributed by atoms with Crippen molar-refractivity contribution in [3.8, 4) is 5.75 Å². The Labute approximate surface area is 121 Å². The van der Waals surface area contributed by atoms with E-state index >= 15 is 0 Å². The van der Waals surface area contributed by atoms with Crippen LogP contribution in [0.5, 0.6) is 5.75 Å². The van der Waals surface area contributed by atoms with Crippen molar-refractivity contribution in [2.24, 2.45) is 5.92 Å². The van der Waals surface area contributed by atoms with Gasteiger partial charge in [-0.3, -0.25) is 4.79 Å². The summed E-state index contributed by atoms with van der Waals surface area (Å²) >= 11 is 0. The SMILES string of the molecule is C=C(C)CC(C)C(=O)N1CCOc2ccccc2C1C. The van der Waals surface area contributed by atoms with E-state index in [-0.39, 0.29) is 17.9 Å². The Morgan fingerprint density at radius 1 is 1.50 bits per heavy atom. The fourth-order valence-corrected chi connectivity index (χ4v) is 2.77. The van der Waals surface area contributed by atoms with Crippen molar-refractivity contribution in [3.63, 3.8) is 0 Å². The summed E-state index contributed by atoms with van der Waals surface area (Å²) in [5, 5.41) is 0. The van der Waals surface area contributed by atoms with Crippen molar-refractivity contribution in [2.75, 3.05) is 13.2 Å². The van der Waals surface area contributed by atoms with Crippen LogP contribution in [0.15, 0.2) is 36.4 Å². The van der Waals surface area contributed by atoms with E-state index in [0.29, 0.717) is 13.2 Å². The van der Waals surface area contributed by atoms with Crippen molar-refractivity contribution in [3.05, 3.63) is 42.0 Å². The second-order valence-corrected chi connectivity index (χ2v) is 5.66. The monoisotopic (exact) mass is 273 g/mol. The highest BCUT2D eigenvalue weighted by atomic mass is 16.5. The molecule has 1 aromatic rings. The number of benzene rings is 1. The molecule has 1 aliphatic heterocycles. The maximum Gasteiger partial charge on any atom is 0.226 e. The molecule has 0 radical (unpaired) electrons. The van der Waals surface area contributed by atoms with E-state index in [4.69, 9.17) is 4.74 Å². The highest BCUT2D eigenvalue weighted by Gasteiger charge is 2.29. The fraction of sp³-hybridized carbons (Fsp3) is 0.471. The molecular formula is C17H23NO2. The van der Waals surface area contributed by atoms with E-state index in [1.807, 2.05) is 43.0 Å². The van der Waals surface area contributed by atoms with Gasteiger partial charge in [0.2, 0.25) is 5.91 Å². The van der Waals surface area contributed by atoms with Crippen molar-refractivity contribution >= 4 is 5.91 Å². The zero-order valence-electron chi connectivity index (χ0n) is 12.6. The van der Waals surface area contributed by atoms with E-state index in [2.05, 4.69) is 13.5 Å². The average Bonchev–Trinajstić information content (AvgIpc) is 2.57. The summed E-state index contributed by atoms with van der Waals surface area (Å²) in [6, 6.07) is 8.01. The van der Waals surface area contributed by atoms with Crippen LogP contribution >= 0.6 is 0 Å². The van der Waals surface area contributed by atoms with E-state index in [9.17, 15) is 4.79 Å². The van der Waals surface area contributed by atoms with Crippen LogP contribution in [0.1, 0.15) is 38.8 Å². The first-order valence-corrected chi connectivity index (χ1v) is 7.17. The molecule has 0 fully saturated rings. The summed E-state index contributed by atoms with van der Waals surface area (Å²) in [7, 11) is 0. The number of carbonyl (C=O) groups is 1. The van der Waals surface area contributed by atoms with E-state index in [1.54, 1.807) is 0 Å². The van der Waals surface area contributed by atoms with Gasteiger partial charge in [0, 0.05) is 11.5 Å². The molecule has 0 saturated heterocycles. The molecule has 3 heteroatoms. The van der Waals surface area contributed by atoms with Crippen LogP contribution in [-0.2, 0) is 4.79 Å². The lowest BCUT2D eigenvalue weighted by Gasteiger charge is -2.29. The average molecular weight is 273 g/mol. The topological polar surface area (TPSA) is 29.5 Å². The number of hydrogen-bond donors (Lipinski definition) is 0. The standard InChI is InChI=1S/C17H23NO2/c1-12(2)11-13(3)17(19)18-9-10-20-16-8-6-5-7-15(16)14(18)4/h5-8,13-14H,1,9-11H2,2-4H3. The second kappa shape index (κ2) is 6.12. The molecule has 0 bridgehead atoms. The molecule has 0 saturated carbocycles. The van der Waals surface area contributed by atoms with Crippen molar-refractivity contribution in [2.45, 2.75) is 33.2 Å². The van der Waals surface area contributed by atoms with Crippen LogP contribution in [0, 0.1) is 5.92 Å². The number of allylic oxidation sites excluding steroid dienone is 1. The summed E-state index contributed by atoms with van der Waals surface area (Å²) in [5.41, 5.74) is 2.13. The third kappa shape index (κ3) is 3.03. The van der Waals surface area contributed by atoms with Gasteiger partial charge in [0.05, 0.1) is 12.6 Å². The zero-order chi connectivity index (χ0) is 14.7. The maximum atomic E-state index is 12.6. The number of rotatable bonds is 3. The molecule has 3 nitrogen and oxygen atoms in total. The van der Waals surface area contributed by atoms with E-state index < -0.39 is 0 Å². The summed E-state index contributed by atoms with van der Waals surface area (Å²) in [6.07, 6.45) is 0.741. The van der Waals surface area contributed by atoms with Crippen LogP contribution < -0.4 is 4.74 Å². The lowest BCUT2D eigenvalue weighted by atomic mass is 9.99. The molecule has 0 aromatic heterocycles. The largest absolute Gasteiger partial charge is 0.491 e. The van der Waals surface area contributed by atoms with Crippen molar-refractivity contribution in [1.29, 1.82) is 0 Å². The van der Waals surface area contributed by atoms with Gasteiger partial charge in [0.15, 0.2) is 0 Å². The van der Waals surface area contributed by atoms with Gasteiger partial charge in [-0.15, -0.1) is 6.58 Å².